The molecule has 0 saturated heterocycles. The molecule has 1 aromatic heterocycles. The lowest BCUT2D eigenvalue weighted by atomic mass is 10.2. The smallest absolute Gasteiger partial charge is 0.339 e. The number of carboxylic acid groups (broad SMARTS) is 1. The van der Waals surface area contributed by atoms with Crippen molar-refractivity contribution in [1.82, 2.24) is 4.98 Å². The molecule has 1 heterocycles. The SMILES string of the molecule is O=C(O)c1cc2sc(Nc3cccc(Br)c3)nc2cc1O. The van der Waals surface area contributed by atoms with Crippen LogP contribution in [0.2, 0.25) is 0 Å². The predicted octanol–water partition coefficient (Wildman–Crippen LogP) is 4.21. The largest absolute Gasteiger partial charge is 0.507 e. The fourth-order valence-electron chi connectivity index (χ4n) is 1.88. The van der Waals surface area contributed by atoms with Crippen LogP contribution in [0.15, 0.2) is 40.9 Å². The Hall–Kier alpha value is -2.12. The number of carbonyl (C=O) groups is 1. The lowest BCUT2D eigenvalue weighted by molar-refractivity contribution is 0.0694. The Labute approximate surface area is 132 Å². The quantitative estimate of drug-likeness (QED) is 0.648. The number of nitrogens with zero attached hydrogens (tertiary/aromatic N) is 1. The summed E-state index contributed by atoms with van der Waals surface area (Å²) in [6.45, 7) is 0. The maximum atomic E-state index is 11.0. The van der Waals surface area contributed by atoms with E-state index >= 15 is 0 Å². The van der Waals surface area contributed by atoms with Crippen LogP contribution in [0.5, 0.6) is 5.75 Å². The number of phenols is 1. The van der Waals surface area contributed by atoms with Crippen molar-refractivity contribution in [2.75, 3.05) is 5.32 Å². The van der Waals surface area contributed by atoms with Crippen LogP contribution < -0.4 is 5.32 Å². The zero-order chi connectivity index (χ0) is 15.0. The number of aromatic nitrogens is 1. The molecule has 0 fully saturated rings. The molecule has 21 heavy (non-hydrogen) atoms. The monoisotopic (exact) mass is 364 g/mol. The number of aromatic carboxylic acids is 1. The molecular weight excluding hydrogens is 356 g/mol. The summed E-state index contributed by atoms with van der Waals surface area (Å²) in [5.41, 5.74) is 1.30. The Bertz CT molecular complexity index is 847. The van der Waals surface area contributed by atoms with Gasteiger partial charge in [0.2, 0.25) is 0 Å². The van der Waals surface area contributed by atoms with Gasteiger partial charge in [-0.25, -0.2) is 9.78 Å². The number of rotatable bonds is 3. The minimum Gasteiger partial charge on any atom is -0.507 e. The van der Waals surface area contributed by atoms with Crippen LogP contribution in [0.3, 0.4) is 0 Å². The van der Waals surface area contributed by atoms with Crippen LogP contribution in [0.25, 0.3) is 10.2 Å². The first-order chi connectivity index (χ1) is 10.0. The second kappa shape index (κ2) is 5.34. The number of anilines is 2. The number of benzene rings is 2. The second-order valence-electron chi connectivity index (χ2n) is 4.30. The van der Waals surface area contributed by atoms with Crippen LogP contribution in [0.1, 0.15) is 10.4 Å². The van der Waals surface area contributed by atoms with E-state index in [9.17, 15) is 9.90 Å². The van der Waals surface area contributed by atoms with Gasteiger partial charge < -0.3 is 15.5 Å². The van der Waals surface area contributed by atoms with Crippen molar-refractivity contribution in [1.29, 1.82) is 0 Å². The highest BCUT2D eigenvalue weighted by Gasteiger charge is 2.14. The number of nitrogens with one attached hydrogen (secondary N) is 1. The van der Waals surface area contributed by atoms with Gasteiger partial charge in [-0.05, 0) is 24.3 Å². The van der Waals surface area contributed by atoms with E-state index in [-0.39, 0.29) is 11.3 Å². The van der Waals surface area contributed by atoms with Crippen LogP contribution in [0, 0.1) is 0 Å². The molecule has 5 nitrogen and oxygen atoms in total. The Balaban J connectivity index is 1.99. The van der Waals surface area contributed by atoms with E-state index in [0.29, 0.717) is 15.3 Å². The summed E-state index contributed by atoms with van der Waals surface area (Å²) >= 11 is 4.72. The van der Waals surface area contributed by atoms with Gasteiger partial charge in [0.1, 0.15) is 11.3 Å². The average Bonchev–Trinajstić information content (AvgIpc) is 2.78. The van der Waals surface area contributed by atoms with Gasteiger partial charge in [0, 0.05) is 16.2 Å². The summed E-state index contributed by atoms with van der Waals surface area (Å²) in [6, 6.07) is 10.4. The van der Waals surface area contributed by atoms with Gasteiger partial charge in [-0.3, -0.25) is 0 Å². The predicted molar refractivity (Wildman–Crippen MR) is 85.7 cm³/mol. The van der Waals surface area contributed by atoms with E-state index in [0.717, 1.165) is 10.2 Å². The minimum absolute atomic E-state index is 0.125. The highest BCUT2D eigenvalue weighted by Crippen LogP contribution is 2.33. The van der Waals surface area contributed by atoms with E-state index < -0.39 is 5.97 Å². The summed E-state index contributed by atoms with van der Waals surface area (Å²) < 4.78 is 1.64. The zero-order valence-electron chi connectivity index (χ0n) is 10.5. The minimum atomic E-state index is -1.16. The molecule has 3 aromatic rings. The fraction of sp³-hybridized carbons (Fsp3) is 0. The summed E-state index contributed by atoms with van der Waals surface area (Å²) in [4.78, 5) is 15.3. The average molecular weight is 365 g/mol. The van der Waals surface area contributed by atoms with Crippen molar-refractivity contribution in [2.45, 2.75) is 0 Å². The molecule has 0 aliphatic heterocycles. The molecule has 0 aliphatic rings. The number of fused-ring (bicyclic) bond motifs is 1. The molecule has 0 spiro atoms. The van der Waals surface area contributed by atoms with Gasteiger partial charge in [-0.2, -0.15) is 0 Å². The molecule has 0 atom stereocenters. The van der Waals surface area contributed by atoms with Crippen LogP contribution in [-0.4, -0.2) is 21.2 Å². The summed E-state index contributed by atoms with van der Waals surface area (Å²) in [5, 5.41) is 22.5. The summed E-state index contributed by atoms with van der Waals surface area (Å²) in [5.74, 6) is -1.45. The van der Waals surface area contributed by atoms with E-state index in [4.69, 9.17) is 5.11 Å². The molecule has 0 radical (unpaired) electrons. The third-order valence-corrected chi connectivity index (χ3v) is 4.24. The zero-order valence-corrected chi connectivity index (χ0v) is 12.9. The van der Waals surface area contributed by atoms with E-state index in [1.54, 1.807) is 0 Å². The molecule has 0 unspecified atom stereocenters. The van der Waals surface area contributed by atoms with Crippen molar-refractivity contribution in [3.05, 3.63) is 46.4 Å². The third-order valence-electron chi connectivity index (χ3n) is 2.81. The third kappa shape index (κ3) is 2.84. The maximum Gasteiger partial charge on any atom is 0.339 e. The van der Waals surface area contributed by atoms with Crippen molar-refractivity contribution in [3.8, 4) is 5.75 Å². The Kier molecular flexibility index (Phi) is 3.52. The summed E-state index contributed by atoms with van der Waals surface area (Å²) in [7, 11) is 0. The van der Waals surface area contributed by atoms with Gasteiger partial charge in [-0.15, -0.1) is 0 Å². The number of hydrogen-bond acceptors (Lipinski definition) is 5. The van der Waals surface area contributed by atoms with E-state index in [1.807, 2.05) is 24.3 Å². The van der Waals surface area contributed by atoms with Crippen molar-refractivity contribution < 1.29 is 15.0 Å². The highest BCUT2D eigenvalue weighted by atomic mass is 79.9. The molecule has 3 N–H and O–H groups in total. The number of carboxylic acids is 1. The molecule has 0 saturated carbocycles. The van der Waals surface area contributed by atoms with Crippen LogP contribution >= 0.6 is 27.3 Å². The lowest BCUT2D eigenvalue weighted by Crippen LogP contribution is -1.95. The van der Waals surface area contributed by atoms with E-state index in [2.05, 4.69) is 26.2 Å². The number of halogens is 1. The first-order valence-electron chi connectivity index (χ1n) is 5.92. The summed E-state index contributed by atoms with van der Waals surface area (Å²) in [6.07, 6.45) is 0. The molecule has 0 aliphatic carbocycles. The van der Waals surface area contributed by atoms with Crippen molar-refractivity contribution in [2.24, 2.45) is 0 Å². The van der Waals surface area contributed by atoms with Crippen LogP contribution in [-0.2, 0) is 0 Å². The Morgan fingerprint density at radius 1 is 1.29 bits per heavy atom. The first kappa shape index (κ1) is 13.8. The molecular formula is C14H9BrN2O3S. The normalized spacial score (nSPS) is 10.7. The van der Waals surface area contributed by atoms with Gasteiger partial charge in [0.25, 0.3) is 0 Å². The number of thiazole rings is 1. The van der Waals surface area contributed by atoms with E-state index in [1.165, 1.54) is 23.5 Å². The molecule has 106 valence electrons. The van der Waals surface area contributed by atoms with Gasteiger partial charge in [0.15, 0.2) is 5.13 Å². The molecule has 0 amide bonds. The first-order valence-corrected chi connectivity index (χ1v) is 7.53. The molecule has 3 rings (SSSR count). The molecule has 7 heteroatoms. The van der Waals surface area contributed by atoms with Crippen molar-refractivity contribution in [3.63, 3.8) is 0 Å². The lowest BCUT2D eigenvalue weighted by Gasteiger charge is -2.01. The number of aromatic hydroxyl groups is 1. The van der Waals surface area contributed by atoms with Gasteiger partial charge >= 0.3 is 5.97 Å². The Morgan fingerprint density at radius 3 is 2.81 bits per heavy atom. The van der Waals surface area contributed by atoms with Gasteiger partial charge in [-0.1, -0.05) is 33.3 Å². The van der Waals surface area contributed by atoms with Crippen molar-refractivity contribution >= 4 is 54.3 Å². The Morgan fingerprint density at radius 2 is 2.10 bits per heavy atom. The maximum absolute atomic E-state index is 11.0. The highest BCUT2D eigenvalue weighted by molar-refractivity contribution is 9.10. The topological polar surface area (TPSA) is 82.5 Å². The number of hydrogen-bond donors (Lipinski definition) is 3. The standard InChI is InChI=1S/C14H9BrN2O3S/c15-7-2-1-3-8(4-7)16-14-17-10-6-11(18)9(13(19)20)5-12(10)21-14/h1-6,18H,(H,16,17)(H,19,20). The van der Waals surface area contributed by atoms with Crippen LogP contribution in [0.4, 0.5) is 10.8 Å². The second-order valence-corrected chi connectivity index (χ2v) is 6.24. The fourth-order valence-corrected chi connectivity index (χ4v) is 3.18. The molecule has 2 aromatic carbocycles. The molecule has 0 bridgehead atoms. The van der Waals surface area contributed by atoms with Gasteiger partial charge in [0.05, 0.1) is 10.2 Å².